The van der Waals surface area contributed by atoms with Crippen molar-refractivity contribution in [3.63, 3.8) is 0 Å². The van der Waals surface area contributed by atoms with Crippen molar-refractivity contribution in [2.24, 2.45) is 4.99 Å². The Bertz CT molecular complexity index is 736. The Labute approximate surface area is 141 Å². The Balaban J connectivity index is 2.05. The maximum absolute atomic E-state index is 13.6. The molecule has 0 aliphatic carbocycles. The molecule has 0 amide bonds. The fourth-order valence-corrected chi connectivity index (χ4v) is 3.14. The highest BCUT2D eigenvalue weighted by molar-refractivity contribution is 6.21. The third kappa shape index (κ3) is 2.91. The molecular formula is C18H19ClFN3. The third-order valence-electron chi connectivity index (χ3n) is 4.23. The highest BCUT2D eigenvalue weighted by Crippen LogP contribution is 2.37. The van der Waals surface area contributed by atoms with Crippen LogP contribution in [0.1, 0.15) is 17.2 Å². The third-order valence-corrected chi connectivity index (χ3v) is 4.64. The maximum atomic E-state index is 13.6. The Morgan fingerprint density at radius 3 is 2.74 bits per heavy atom. The summed E-state index contributed by atoms with van der Waals surface area (Å²) in [6.07, 6.45) is 9.79. The first-order valence-corrected chi connectivity index (χ1v) is 7.90. The van der Waals surface area contributed by atoms with Crippen LogP contribution in [-0.4, -0.2) is 35.7 Å². The van der Waals surface area contributed by atoms with Crippen LogP contribution in [0.4, 0.5) is 4.39 Å². The topological polar surface area (TPSA) is 18.8 Å². The summed E-state index contributed by atoms with van der Waals surface area (Å²) in [4.78, 5) is 8.23. The molecule has 0 saturated carbocycles. The molecule has 0 radical (unpaired) electrons. The van der Waals surface area contributed by atoms with Crippen LogP contribution in [0.5, 0.6) is 0 Å². The molecule has 0 aromatic heterocycles. The number of benzene rings is 1. The molecular weight excluding hydrogens is 313 g/mol. The van der Waals surface area contributed by atoms with Crippen LogP contribution in [0.15, 0.2) is 58.9 Å². The molecule has 2 aliphatic heterocycles. The summed E-state index contributed by atoms with van der Waals surface area (Å²) in [6, 6.07) is 5.27. The van der Waals surface area contributed by atoms with Gasteiger partial charge in [-0.05, 0) is 42.5 Å². The number of rotatable bonds is 2. The Morgan fingerprint density at radius 1 is 1.22 bits per heavy atom. The zero-order valence-electron chi connectivity index (χ0n) is 13.4. The monoisotopic (exact) mass is 331 g/mol. The van der Waals surface area contributed by atoms with Gasteiger partial charge in [0.2, 0.25) is 0 Å². The fourth-order valence-electron chi connectivity index (χ4n) is 2.97. The number of halogens is 2. The van der Waals surface area contributed by atoms with Gasteiger partial charge >= 0.3 is 0 Å². The molecule has 1 aromatic rings. The van der Waals surface area contributed by atoms with Gasteiger partial charge in [0.1, 0.15) is 5.82 Å². The lowest BCUT2D eigenvalue weighted by Crippen LogP contribution is -2.33. The summed E-state index contributed by atoms with van der Waals surface area (Å²) in [7, 11) is 3.94. The van der Waals surface area contributed by atoms with Crippen molar-refractivity contribution in [3.8, 4) is 0 Å². The van der Waals surface area contributed by atoms with Gasteiger partial charge in [0.25, 0.3) is 0 Å². The van der Waals surface area contributed by atoms with Gasteiger partial charge in [-0.25, -0.2) is 4.39 Å². The number of hydrogen-bond acceptors (Lipinski definition) is 3. The second kappa shape index (κ2) is 6.20. The van der Waals surface area contributed by atoms with Gasteiger partial charge in [0, 0.05) is 31.6 Å². The van der Waals surface area contributed by atoms with E-state index in [-0.39, 0.29) is 11.9 Å². The molecule has 2 aliphatic rings. The van der Waals surface area contributed by atoms with Gasteiger partial charge in [0.15, 0.2) is 5.62 Å². The second-order valence-corrected chi connectivity index (χ2v) is 6.20. The Hall–Kier alpha value is -2.07. The molecule has 3 rings (SSSR count). The molecule has 0 fully saturated rings. The summed E-state index contributed by atoms with van der Waals surface area (Å²) < 4.78 is 13.6. The van der Waals surface area contributed by atoms with E-state index in [0.717, 1.165) is 16.8 Å². The van der Waals surface area contributed by atoms with Crippen LogP contribution in [0.3, 0.4) is 0 Å². The lowest BCUT2D eigenvalue weighted by Gasteiger charge is -2.37. The zero-order valence-corrected chi connectivity index (χ0v) is 14.1. The SMILES string of the molecule is Cc1cc(C2C(C3=CC=NC(Cl)N3C)=CC=CN2C)ccc1F. The largest absolute Gasteiger partial charge is 0.369 e. The fraction of sp³-hybridized carbons (Fsp3) is 0.278. The summed E-state index contributed by atoms with van der Waals surface area (Å²) in [6.45, 7) is 1.79. The van der Waals surface area contributed by atoms with E-state index in [2.05, 4.69) is 16.0 Å². The first-order valence-electron chi connectivity index (χ1n) is 7.46. The van der Waals surface area contributed by atoms with Crippen LogP contribution in [-0.2, 0) is 0 Å². The number of hydrogen-bond donors (Lipinski definition) is 0. The molecule has 5 heteroatoms. The second-order valence-electron chi connectivity index (χ2n) is 5.81. The molecule has 0 saturated heterocycles. The van der Waals surface area contributed by atoms with E-state index in [0.29, 0.717) is 5.56 Å². The van der Waals surface area contributed by atoms with E-state index < -0.39 is 5.62 Å². The van der Waals surface area contributed by atoms with Crippen molar-refractivity contribution in [3.05, 3.63) is 70.8 Å². The van der Waals surface area contributed by atoms with E-state index in [9.17, 15) is 4.39 Å². The predicted octanol–water partition coefficient (Wildman–Crippen LogP) is 3.98. The minimum Gasteiger partial charge on any atom is -0.369 e. The zero-order chi connectivity index (χ0) is 16.6. The van der Waals surface area contributed by atoms with Gasteiger partial charge in [0.05, 0.1) is 6.04 Å². The van der Waals surface area contributed by atoms with Crippen molar-refractivity contribution in [2.45, 2.75) is 18.6 Å². The number of alkyl halides is 1. The number of likely N-dealkylation sites (N-methyl/N-ethyl adjacent to an activating group) is 2. The minimum atomic E-state index is -0.414. The van der Waals surface area contributed by atoms with Gasteiger partial charge < -0.3 is 9.80 Å². The molecule has 1 aromatic carbocycles. The van der Waals surface area contributed by atoms with Crippen molar-refractivity contribution in [1.29, 1.82) is 0 Å². The average Bonchev–Trinajstić information content (AvgIpc) is 2.53. The standard InChI is InChI=1S/C18H19ClFN3/c1-12-11-13(6-7-15(12)20)17-14(5-4-10-22(17)2)16-8-9-21-18(19)23(16)3/h4-11,17-18H,1-3H3. The van der Waals surface area contributed by atoms with Crippen LogP contribution >= 0.6 is 11.6 Å². The lowest BCUT2D eigenvalue weighted by molar-refractivity contribution is 0.340. The number of allylic oxidation sites excluding steroid dienone is 3. The number of nitrogens with zero attached hydrogens (tertiary/aromatic N) is 3. The minimum absolute atomic E-state index is 0.00312. The van der Waals surface area contributed by atoms with Gasteiger partial charge in [-0.1, -0.05) is 29.8 Å². The van der Waals surface area contributed by atoms with E-state index in [1.807, 2.05) is 49.5 Å². The molecule has 2 unspecified atom stereocenters. The number of aryl methyl sites for hydroxylation is 1. The highest BCUT2D eigenvalue weighted by atomic mass is 35.5. The average molecular weight is 332 g/mol. The van der Waals surface area contributed by atoms with Crippen molar-refractivity contribution in [2.75, 3.05) is 14.1 Å². The maximum Gasteiger partial charge on any atom is 0.197 e. The van der Waals surface area contributed by atoms with Crippen LogP contribution in [0, 0.1) is 12.7 Å². The summed E-state index contributed by atoms with van der Waals surface area (Å²) in [5, 5.41) is 0. The molecule has 2 heterocycles. The van der Waals surface area contributed by atoms with E-state index in [1.165, 1.54) is 6.07 Å². The first kappa shape index (κ1) is 15.8. The first-order chi connectivity index (χ1) is 11.0. The van der Waals surface area contributed by atoms with Crippen molar-refractivity contribution in [1.82, 2.24) is 9.80 Å². The molecule has 3 nitrogen and oxygen atoms in total. The van der Waals surface area contributed by atoms with Gasteiger partial charge in [-0.15, -0.1) is 0 Å². The van der Waals surface area contributed by atoms with Crippen LogP contribution in [0.25, 0.3) is 0 Å². The van der Waals surface area contributed by atoms with Crippen LogP contribution < -0.4 is 0 Å². The predicted molar refractivity (Wildman–Crippen MR) is 92.8 cm³/mol. The normalized spacial score (nSPS) is 23.9. The van der Waals surface area contributed by atoms with Crippen molar-refractivity contribution < 1.29 is 4.39 Å². The Morgan fingerprint density at radius 2 is 2.00 bits per heavy atom. The van der Waals surface area contributed by atoms with Crippen LogP contribution in [0.2, 0.25) is 0 Å². The quantitative estimate of drug-likeness (QED) is 0.603. The smallest absolute Gasteiger partial charge is 0.197 e. The lowest BCUT2D eigenvalue weighted by atomic mass is 9.91. The van der Waals surface area contributed by atoms with E-state index in [1.54, 1.807) is 13.1 Å². The molecule has 0 spiro atoms. The molecule has 2 atom stereocenters. The van der Waals surface area contributed by atoms with Crippen molar-refractivity contribution >= 4 is 17.8 Å². The molecule has 0 bridgehead atoms. The molecule has 0 N–H and O–H groups in total. The van der Waals surface area contributed by atoms with E-state index >= 15 is 0 Å². The van der Waals surface area contributed by atoms with Gasteiger partial charge in [-0.3, -0.25) is 4.99 Å². The highest BCUT2D eigenvalue weighted by Gasteiger charge is 2.28. The van der Waals surface area contributed by atoms with E-state index in [4.69, 9.17) is 11.6 Å². The Kier molecular flexibility index (Phi) is 4.26. The number of aliphatic imine (C=N–C) groups is 1. The summed E-state index contributed by atoms with van der Waals surface area (Å²) in [5.74, 6) is -0.185. The summed E-state index contributed by atoms with van der Waals surface area (Å²) in [5.41, 5.74) is 3.41. The van der Waals surface area contributed by atoms with Gasteiger partial charge in [-0.2, -0.15) is 0 Å². The molecule has 120 valence electrons. The summed E-state index contributed by atoms with van der Waals surface area (Å²) >= 11 is 6.24. The molecule has 23 heavy (non-hydrogen) atoms.